The largest absolute Gasteiger partial charge is 0.399 e. The predicted molar refractivity (Wildman–Crippen MR) is 62.6 cm³/mol. The lowest BCUT2D eigenvalue weighted by Gasteiger charge is -2.14. The summed E-state index contributed by atoms with van der Waals surface area (Å²) in [4.78, 5) is 0.861. The molecule has 1 aromatic rings. The van der Waals surface area contributed by atoms with Gasteiger partial charge < -0.3 is 10.8 Å². The molecule has 0 radical (unpaired) electrons. The van der Waals surface area contributed by atoms with E-state index in [1.54, 1.807) is 19.1 Å². The van der Waals surface area contributed by atoms with Crippen LogP contribution in [0.3, 0.4) is 0 Å². The molecule has 4 heteroatoms. The molecular formula is C11H14N2OS. The van der Waals surface area contributed by atoms with Crippen molar-refractivity contribution < 1.29 is 5.11 Å². The monoisotopic (exact) mass is 222 g/mol. The number of nitrogen functional groups attached to an aromatic ring is 1. The Hall–Kier alpha value is -1.18. The maximum atomic E-state index is 9.37. The molecular weight excluding hydrogens is 208 g/mol. The fraction of sp³-hybridized carbons (Fsp3) is 0.364. The maximum Gasteiger partial charge on any atom is 0.100 e. The fourth-order valence-corrected chi connectivity index (χ4v) is 2.01. The smallest absolute Gasteiger partial charge is 0.100 e. The third-order valence-corrected chi connectivity index (χ3v) is 3.49. The summed E-state index contributed by atoms with van der Waals surface area (Å²) in [5.74, 6) is 0. The van der Waals surface area contributed by atoms with Crippen LogP contribution in [0.1, 0.15) is 19.4 Å². The Kier molecular flexibility index (Phi) is 4.01. The first-order chi connectivity index (χ1) is 7.04. The summed E-state index contributed by atoms with van der Waals surface area (Å²) < 4.78 is 0. The van der Waals surface area contributed by atoms with E-state index >= 15 is 0 Å². The fourth-order valence-electron chi connectivity index (χ4n) is 1.04. The Morgan fingerprint density at radius 3 is 2.67 bits per heavy atom. The van der Waals surface area contributed by atoms with Gasteiger partial charge in [-0.15, -0.1) is 11.8 Å². The molecule has 3 nitrogen and oxygen atoms in total. The quantitative estimate of drug-likeness (QED) is 0.606. The second kappa shape index (κ2) is 5.06. The van der Waals surface area contributed by atoms with E-state index in [4.69, 9.17) is 11.0 Å². The highest BCUT2D eigenvalue weighted by molar-refractivity contribution is 8.00. The second-order valence-electron chi connectivity index (χ2n) is 3.43. The van der Waals surface area contributed by atoms with Gasteiger partial charge in [-0.2, -0.15) is 5.26 Å². The van der Waals surface area contributed by atoms with E-state index in [9.17, 15) is 5.11 Å². The average Bonchev–Trinajstić information content (AvgIpc) is 2.20. The number of aliphatic hydroxyl groups is 1. The lowest BCUT2D eigenvalue weighted by atomic mass is 10.2. The summed E-state index contributed by atoms with van der Waals surface area (Å²) in [5.41, 5.74) is 6.73. The first-order valence-electron chi connectivity index (χ1n) is 4.69. The van der Waals surface area contributed by atoms with Crippen LogP contribution in [-0.2, 0) is 0 Å². The molecule has 0 bridgehead atoms. The molecule has 0 aliphatic carbocycles. The number of benzene rings is 1. The molecule has 0 aliphatic rings. The summed E-state index contributed by atoms with van der Waals surface area (Å²) in [6.07, 6.45) is -0.404. The van der Waals surface area contributed by atoms with Crippen molar-refractivity contribution in [2.75, 3.05) is 5.73 Å². The van der Waals surface area contributed by atoms with Crippen molar-refractivity contribution in [1.82, 2.24) is 0 Å². The number of nitrogens with two attached hydrogens (primary N) is 1. The minimum Gasteiger partial charge on any atom is -0.399 e. The van der Waals surface area contributed by atoms with Gasteiger partial charge in [0.15, 0.2) is 0 Å². The summed E-state index contributed by atoms with van der Waals surface area (Å²) in [6.45, 7) is 3.66. The van der Waals surface area contributed by atoms with Gasteiger partial charge in [0.25, 0.3) is 0 Å². The topological polar surface area (TPSA) is 70.0 Å². The standard InChI is InChI=1S/C11H14N2OS/c1-7(14)8(2)15-11-4-3-10(13)5-9(11)6-12/h3-5,7-8,14H,13H2,1-2H3. The van der Waals surface area contributed by atoms with Crippen molar-refractivity contribution in [1.29, 1.82) is 5.26 Å². The molecule has 2 unspecified atom stereocenters. The number of nitriles is 1. The lowest BCUT2D eigenvalue weighted by molar-refractivity contribution is 0.196. The Labute approximate surface area is 93.9 Å². The maximum absolute atomic E-state index is 9.37. The Balaban J connectivity index is 2.91. The molecule has 0 heterocycles. The predicted octanol–water partition coefficient (Wildman–Crippen LogP) is 2.00. The third kappa shape index (κ3) is 3.15. The molecule has 1 aromatic carbocycles. The van der Waals surface area contributed by atoms with Crippen molar-refractivity contribution in [3.8, 4) is 6.07 Å². The normalized spacial score (nSPS) is 14.3. The van der Waals surface area contributed by atoms with Crippen molar-refractivity contribution >= 4 is 17.4 Å². The number of aliphatic hydroxyl groups excluding tert-OH is 1. The molecule has 15 heavy (non-hydrogen) atoms. The second-order valence-corrected chi connectivity index (χ2v) is 4.85. The number of hydrogen-bond donors (Lipinski definition) is 2. The molecule has 0 fully saturated rings. The molecule has 0 aromatic heterocycles. The van der Waals surface area contributed by atoms with E-state index in [0.29, 0.717) is 11.3 Å². The number of nitrogens with zero attached hydrogens (tertiary/aromatic N) is 1. The van der Waals surface area contributed by atoms with E-state index in [-0.39, 0.29) is 5.25 Å². The van der Waals surface area contributed by atoms with Gasteiger partial charge in [-0.25, -0.2) is 0 Å². The Morgan fingerprint density at radius 1 is 1.47 bits per heavy atom. The average molecular weight is 222 g/mol. The van der Waals surface area contributed by atoms with Crippen LogP contribution in [0.2, 0.25) is 0 Å². The zero-order valence-corrected chi connectivity index (χ0v) is 9.58. The van der Waals surface area contributed by atoms with Crippen molar-refractivity contribution in [3.05, 3.63) is 23.8 Å². The van der Waals surface area contributed by atoms with Gasteiger partial charge in [-0.1, -0.05) is 6.92 Å². The first kappa shape index (κ1) is 11.9. The SMILES string of the molecule is CC(O)C(C)Sc1ccc(N)cc1C#N. The Morgan fingerprint density at radius 2 is 2.13 bits per heavy atom. The summed E-state index contributed by atoms with van der Waals surface area (Å²) in [6, 6.07) is 7.33. The van der Waals surface area contributed by atoms with Crippen LogP contribution in [0.5, 0.6) is 0 Å². The molecule has 0 aliphatic heterocycles. The van der Waals surface area contributed by atoms with Crippen molar-refractivity contribution in [2.24, 2.45) is 0 Å². The molecule has 80 valence electrons. The first-order valence-corrected chi connectivity index (χ1v) is 5.57. The van der Waals surface area contributed by atoms with E-state index < -0.39 is 6.10 Å². The van der Waals surface area contributed by atoms with Gasteiger partial charge >= 0.3 is 0 Å². The van der Waals surface area contributed by atoms with Gasteiger partial charge in [-0.3, -0.25) is 0 Å². The van der Waals surface area contributed by atoms with Gasteiger partial charge in [0.1, 0.15) is 6.07 Å². The Bertz CT molecular complexity index is 385. The van der Waals surface area contributed by atoms with E-state index in [2.05, 4.69) is 6.07 Å². The van der Waals surface area contributed by atoms with Crippen molar-refractivity contribution in [3.63, 3.8) is 0 Å². The minimum atomic E-state index is -0.404. The molecule has 0 saturated carbocycles. The number of thioether (sulfide) groups is 1. The van der Waals surface area contributed by atoms with Crippen molar-refractivity contribution in [2.45, 2.75) is 30.1 Å². The zero-order chi connectivity index (χ0) is 11.4. The molecule has 2 atom stereocenters. The summed E-state index contributed by atoms with van der Waals surface area (Å²) in [7, 11) is 0. The van der Waals surface area contributed by atoms with E-state index in [0.717, 1.165) is 4.90 Å². The van der Waals surface area contributed by atoms with Crippen LogP contribution >= 0.6 is 11.8 Å². The van der Waals surface area contributed by atoms with Crippen LogP contribution in [-0.4, -0.2) is 16.5 Å². The molecule has 1 rings (SSSR count). The van der Waals surface area contributed by atoms with Crippen LogP contribution in [0.4, 0.5) is 5.69 Å². The molecule has 3 N–H and O–H groups in total. The minimum absolute atomic E-state index is 0.0562. The highest BCUT2D eigenvalue weighted by Crippen LogP contribution is 2.29. The highest BCUT2D eigenvalue weighted by atomic mass is 32.2. The van der Waals surface area contributed by atoms with E-state index in [1.807, 2.05) is 13.0 Å². The van der Waals surface area contributed by atoms with Gasteiger partial charge in [0, 0.05) is 15.8 Å². The lowest BCUT2D eigenvalue weighted by Crippen LogP contribution is -2.15. The van der Waals surface area contributed by atoms with Gasteiger partial charge in [0.05, 0.1) is 11.7 Å². The number of anilines is 1. The third-order valence-electron chi connectivity index (χ3n) is 2.12. The molecule has 0 amide bonds. The van der Waals surface area contributed by atoms with E-state index in [1.165, 1.54) is 11.8 Å². The van der Waals surface area contributed by atoms with Gasteiger partial charge in [-0.05, 0) is 25.1 Å². The van der Waals surface area contributed by atoms with Gasteiger partial charge in [0.2, 0.25) is 0 Å². The van der Waals surface area contributed by atoms with Crippen LogP contribution < -0.4 is 5.73 Å². The molecule has 0 spiro atoms. The van der Waals surface area contributed by atoms with Crippen LogP contribution in [0, 0.1) is 11.3 Å². The zero-order valence-electron chi connectivity index (χ0n) is 8.77. The number of rotatable bonds is 3. The molecule has 0 saturated heterocycles. The highest BCUT2D eigenvalue weighted by Gasteiger charge is 2.12. The van der Waals surface area contributed by atoms with Crippen LogP contribution in [0.15, 0.2) is 23.1 Å². The summed E-state index contributed by atoms with van der Waals surface area (Å²) in [5, 5.41) is 18.3. The number of hydrogen-bond acceptors (Lipinski definition) is 4. The van der Waals surface area contributed by atoms with Crippen LogP contribution in [0.25, 0.3) is 0 Å². The summed E-state index contributed by atoms with van der Waals surface area (Å²) >= 11 is 1.48.